The number of anilines is 1. The molecule has 2 N–H and O–H groups in total. The van der Waals surface area contributed by atoms with E-state index in [4.69, 9.17) is 10.7 Å². The van der Waals surface area contributed by atoms with Gasteiger partial charge in [-0.25, -0.2) is 4.98 Å². The molecule has 0 aliphatic heterocycles. The monoisotopic (exact) mass is 261 g/mol. The van der Waals surface area contributed by atoms with Crippen LogP contribution in [0.15, 0.2) is 0 Å². The highest BCUT2D eigenvalue weighted by Gasteiger charge is 2.35. The SMILES string of the molecule is CC(C)(C)n1c(C2CC2)nc(C2CCCCC2)c1N. The van der Waals surface area contributed by atoms with Crippen molar-refractivity contribution >= 4 is 5.82 Å². The van der Waals surface area contributed by atoms with Gasteiger partial charge in [-0.1, -0.05) is 19.3 Å². The standard InChI is InChI=1S/C16H27N3/c1-16(2,3)19-14(17)13(11-7-5-4-6-8-11)18-15(19)12-9-10-12/h11-12H,4-10,17H2,1-3H3. The van der Waals surface area contributed by atoms with Crippen LogP contribution in [-0.2, 0) is 5.54 Å². The van der Waals surface area contributed by atoms with Gasteiger partial charge < -0.3 is 10.3 Å². The highest BCUT2D eigenvalue weighted by molar-refractivity contribution is 5.43. The van der Waals surface area contributed by atoms with Crippen molar-refractivity contribution in [2.75, 3.05) is 5.73 Å². The minimum atomic E-state index is 0.0436. The van der Waals surface area contributed by atoms with E-state index >= 15 is 0 Å². The lowest BCUT2D eigenvalue weighted by atomic mass is 9.87. The van der Waals surface area contributed by atoms with Crippen molar-refractivity contribution in [3.05, 3.63) is 11.5 Å². The van der Waals surface area contributed by atoms with Crippen molar-refractivity contribution in [1.29, 1.82) is 0 Å². The minimum Gasteiger partial charge on any atom is -0.384 e. The molecule has 0 spiro atoms. The van der Waals surface area contributed by atoms with Gasteiger partial charge in [-0.2, -0.15) is 0 Å². The Labute approximate surface area is 116 Å². The molecule has 1 aromatic heterocycles. The molecule has 1 heterocycles. The lowest BCUT2D eigenvalue weighted by Gasteiger charge is -2.26. The maximum absolute atomic E-state index is 6.49. The quantitative estimate of drug-likeness (QED) is 0.869. The number of hydrogen-bond donors (Lipinski definition) is 1. The molecule has 0 unspecified atom stereocenters. The molecule has 106 valence electrons. The maximum atomic E-state index is 6.49. The third-order valence-corrected chi connectivity index (χ3v) is 4.57. The zero-order chi connectivity index (χ0) is 13.6. The first-order chi connectivity index (χ1) is 8.98. The van der Waals surface area contributed by atoms with Crippen molar-refractivity contribution in [1.82, 2.24) is 9.55 Å². The van der Waals surface area contributed by atoms with Crippen molar-refractivity contribution in [3.63, 3.8) is 0 Å². The summed E-state index contributed by atoms with van der Waals surface area (Å²) in [5.74, 6) is 3.47. The highest BCUT2D eigenvalue weighted by Crippen LogP contribution is 2.45. The summed E-state index contributed by atoms with van der Waals surface area (Å²) in [6.45, 7) is 6.71. The van der Waals surface area contributed by atoms with Gasteiger partial charge in [-0.05, 0) is 46.5 Å². The van der Waals surface area contributed by atoms with Crippen LogP contribution in [-0.4, -0.2) is 9.55 Å². The zero-order valence-electron chi connectivity index (χ0n) is 12.6. The molecule has 2 fully saturated rings. The Morgan fingerprint density at radius 2 is 1.63 bits per heavy atom. The fourth-order valence-electron chi connectivity index (χ4n) is 3.47. The molecule has 2 saturated carbocycles. The number of rotatable bonds is 2. The first-order valence-corrected chi connectivity index (χ1v) is 7.87. The molecule has 1 aromatic rings. The Bertz CT molecular complexity index is 457. The van der Waals surface area contributed by atoms with E-state index in [1.54, 1.807) is 0 Å². The normalized spacial score (nSPS) is 21.8. The fraction of sp³-hybridized carbons (Fsp3) is 0.812. The predicted octanol–water partition coefficient (Wildman–Crippen LogP) is 4.15. The van der Waals surface area contributed by atoms with Crippen LogP contribution in [0.3, 0.4) is 0 Å². The number of hydrogen-bond acceptors (Lipinski definition) is 2. The van der Waals surface area contributed by atoms with Gasteiger partial charge in [0.2, 0.25) is 0 Å². The smallest absolute Gasteiger partial charge is 0.127 e. The molecular weight excluding hydrogens is 234 g/mol. The predicted molar refractivity (Wildman–Crippen MR) is 79.4 cm³/mol. The summed E-state index contributed by atoms with van der Waals surface area (Å²) in [6.07, 6.45) is 9.18. The number of imidazole rings is 1. The lowest BCUT2D eigenvalue weighted by Crippen LogP contribution is -2.25. The van der Waals surface area contributed by atoms with E-state index in [0.29, 0.717) is 11.8 Å². The molecule has 2 aliphatic rings. The van der Waals surface area contributed by atoms with Gasteiger partial charge in [0.1, 0.15) is 11.6 Å². The van der Waals surface area contributed by atoms with Crippen LogP contribution in [0.5, 0.6) is 0 Å². The van der Waals surface area contributed by atoms with Crippen molar-refractivity contribution in [2.45, 2.75) is 83.1 Å². The molecule has 2 aliphatic carbocycles. The molecule has 0 aromatic carbocycles. The summed E-state index contributed by atoms with van der Waals surface area (Å²) < 4.78 is 2.31. The van der Waals surface area contributed by atoms with E-state index in [9.17, 15) is 0 Å². The van der Waals surface area contributed by atoms with Crippen molar-refractivity contribution in [2.24, 2.45) is 0 Å². The summed E-state index contributed by atoms with van der Waals surface area (Å²) in [4.78, 5) is 5.00. The summed E-state index contributed by atoms with van der Waals surface area (Å²) >= 11 is 0. The second-order valence-electron chi connectivity index (χ2n) is 7.36. The van der Waals surface area contributed by atoms with Gasteiger partial charge in [0.05, 0.1) is 5.69 Å². The summed E-state index contributed by atoms with van der Waals surface area (Å²) in [7, 11) is 0. The van der Waals surface area contributed by atoms with Crippen molar-refractivity contribution in [3.8, 4) is 0 Å². The van der Waals surface area contributed by atoms with E-state index < -0.39 is 0 Å². The van der Waals surface area contributed by atoms with Gasteiger partial charge in [-0.15, -0.1) is 0 Å². The highest BCUT2D eigenvalue weighted by atomic mass is 15.2. The first kappa shape index (κ1) is 13.0. The van der Waals surface area contributed by atoms with E-state index in [2.05, 4.69) is 25.3 Å². The molecular formula is C16H27N3. The van der Waals surface area contributed by atoms with E-state index in [1.807, 2.05) is 0 Å². The molecule has 3 nitrogen and oxygen atoms in total. The van der Waals surface area contributed by atoms with Crippen LogP contribution in [0.1, 0.15) is 89.1 Å². The van der Waals surface area contributed by atoms with Gasteiger partial charge >= 0.3 is 0 Å². The van der Waals surface area contributed by atoms with Crippen LogP contribution in [0, 0.1) is 0 Å². The third-order valence-electron chi connectivity index (χ3n) is 4.57. The Morgan fingerprint density at radius 1 is 1.00 bits per heavy atom. The van der Waals surface area contributed by atoms with Crippen LogP contribution in [0.2, 0.25) is 0 Å². The fourth-order valence-corrected chi connectivity index (χ4v) is 3.47. The maximum Gasteiger partial charge on any atom is 0.127 e. The number of nitrogen functional groups attached to an aromatic ring is 1. The molecule has 0 radical (unpaired) electrons. The van der Waals surface area contributed by atoms with Gasteiger partial charge in [0, 0.05) is 17.4 Å². The van der Waals surface area contributed by atoms with Crippen LogP contribution >= 0.6 is 0 Å². The average Bonchev–Trinajstić information content (AvgIpc) is 3.13. The van der Waals surface area contributed by atoms with Crippen LogP contribution < -0.4 is 5.73 Å². The Morgan fingerprint density at radius 3 is 2.16 bits per heavy atom. The van der Waals surface area contributed by atoms with E-state index in [-0.39, 0.29) is 5.54 Å². The second-order valence-corrected chi connectivity index (χ2v) is 7.36. The molecule has 0 saturated heterocycles. The Hall–Kier alpha value is -0.990. The summed E-state index contributed by atoms with van der Waals surface area (Å²) in [5.41, 5.74) is 7.74. The van der Waals surface area contributed by atoms with E-state index in [0.717, 1.165) is 5.82 Å². The Balaban J connectivity index is 2.01. The van der Waals surface area contributed by atoms with Gasteiger partial charge in [0.15, 0.2) is 0 Å². The number of aromatic nitrogens is 2. The third kappa shape index (κ3) is 2.39. The molecule has 3 rings (SSSR count). The van der Waals surface area contributed by atoms with E-state index in [1.165, 1.54) is 56.5 Å². The van der Waals surface area contributed by atoms with Crippen LogP contribution in [0.4, 0.5) is 5.82 Å². The topological polar surface area (TPSA) is 43.8 Å². The van der Waals surface area contributed by atoms with Crippen LogP contribution in [0.25, 0.3) is 0 Å². The average molecular weight is 261 g/mol. The largest absolute Gasteiger partial charge is 0.384 e. The molecule has 0 bridgehead atoms. The number of nitrogens with zero attached hydrogens (tertiary/aromatic N) is 2. The molecule has 19 heavy (non-hydrogen) atoms. The number of nitrogens with two attached hydrogens (primary N) is 1. The lowest BCUT2D eigenvalue weighted by molar-refractivity contribution is 0.387. The minimum absolute atomic E-state index is 0.0436. The zero-order valence-corrected chi connectivity index (χ0v) is 12.6. The molecule has 0 atom stereocenters. The van der Waals surface area contributed by atoms with Gasteiger partial charge in [0.25, 0.3) is 0 Å². The Kier molecular flexibility index (Phi) is 3.11. The summed E-state index contributed by atoms with van der Waals surface area (Å²) in [6, 6.07) is 0. The van der Waals surface area contributed by atoms with Crippen molar-refractivity contribution < 1.29 is 0 Å². The summed E-state index contributed by atoms with van der Waals surface area (Å²) in [5, 5.41) is 0. The molecule has 3 heteroatoms. The van der Waals surface area contributed by atoms with Gasteiger partial charge in [-0.3, -0.25) is 0 Å². The molecule has 0 amide bonds. The first-order valence-electron chi connectivity index (χ1n) is 7.87. The second kappa shape index (κ2) is 4.53.